The van der Waals surface area contributed by atoms with Gasteiger partial charge in [0.2, 0.25) is 5.90 Å². The summed E-state index contributed by atoms with van der Waals surface area (Å²) in [5.41, 5.74) is 5.00. The summed E-state index contributed by atoms with van der Waals surface area (Å²) in [6.45, 7) is 4.37. The van der Waals surface area contributed by atoms with Crippen molar-refractivity contribution in [2.45, 2.75) is 39.3 Å². The third kappa shape index (κ3) is 6.37. The minimum absolute atomic E-state index is 0.00673. The fourth-order valence-corrected chi connectivity index (χ4v) is 2.66. The second kappa shape index (κ2) is 11.1. The molecule has 28 heavy (non-hydrogen) atoms. The first-order valence-electron chi connectivity index (χ1n) is 9.37. The monoisotopic (exact) mass is 383 g/mol. The second-order valence-corrected chi connectivity index (χ2v) is 6.36. The van der Waals surface area contributed by atoms with Crippen LogP contribution < -0.4 is 16.7 Å². The van der Waals surface area contributed by atoms with Gasteiger partial charge in [0.1, 0.15) is 6.61 Å². The highest BCUT2D eigenvalue weighted by atomic mass is 16.5. The van der Waals surface area contributed by atoms with Crippen molar-refractivity contribution in [3.8, 4) is 0 Å². The van der Waals surface area contributed by atoms with Gasteiger partial charge in [-0.2, -0.15) is 5.53 Å². The lowest BCUT2D eigenvalue weighted by molar-refractivity contribution is 0.202. The van der Waals surface area contributed by atoms with Gasteiger partial charge >= 0.3 is 6.03 Å². The number of urea groups is 1. The molecule has 2 amide bonds. The topological polar surface area (TPSA) is 92.0 Å². The number of nitrogens with zero attached hydrogens (tertiary/aromatic N) is 2. The molecule has 0 saturated heterocycles. The number of hydrogen-bond acceptors (Lipinski definition) is 5. The fourth-order valence-electron chi connectivity index (χ4n) is 2.66. The number of carbonyl (C=O) groups excluding carboxylic acids is 1. The van der Waals surface area contributed by atoms with Crippen molar-refractivity contribution >= 4 is 17.6 Å². The van der Waals surface area contributed by atoms with Crippen LogP contribution in [-0.2, 0) is 17.8 Å². The molecule has 1 aromatic carbocycles. The van der Waals surface area contributed by atoms with Crippen LogP contribution in [0.1, 0.15) is 31.4 Å². The molecule has 0 saturated carbocycles. The summed E-state index contributed by atoms with van der Waals surface area (Å²) in [7, 11) is 1.54. The number of hydrazine groups is 2. The smallest absolute Gasteiger partial charge is 0.337 e. The van der Waals surface area contributed by atoms with Gasteiger partial charge in [-0.05, 0) is 37.5 Å². The molecule has 0 aliphatic carbocycles. The van der Waals surface area contributed by atoms with E-state index in [1.54, 1.807) is 0 Å². The first-order chi connectivity index (χ1) is 13.5. The molecule has 0 fully saturated rings. The minimum atomic E-state index is -0.363. The quantitative estimate of drug-likeness (QED) is 0.536. The third-order valence-electron chi connectivity index (χ3n) is 4.26. The molecule has 0 aromatic heterocycles. The summed E-state index contributed by atoms with van der Waals surface area (Å²) in [5.74, 6) is 5.86. The first-order valence-corrected chi connectivity index (χ1v) is 9.37. The molecule has 2 rings (SSSR count). The number of aliphatic imine (C=N–C) groups is 1. The van der Waals surface area contributed by atoms with Gasteiger partial charge in [-0.3, -0.25) is 5.84 Å². The van der Waals surface area contributed by atoms with Crippen LogP contribution in [0, 0.1) is 0 Å². The number of allylic oxidation sites excluding steroid dienone is 4. The molecule has 1 aromatic rings. The van der Waals surface area contributed by atoms with Crippen molar-refractivity contribution in [2.75, 3.05) is 12.4 Å². The zero-order valence-corrected chi connectivity index (χ0v) is 16.7. The number of rotatable bonds is 5. The van der Waals surface area contributed by atoms with Crippen LogP contribution in [0.4, 0.5) is 10.5 Å². The van der Waals surface area contributed by atoms with Gasteiger partial charge in [0.05, 0.1) is 6.04 Å². The Hall–Kier alpha value is -2.90. The lowest BCUT2D eigenvalue weighted by Gasteiger charge is -2.19. The maximum absolute atomic E-state index is 12.2. The highest BCUT2D eigenvalue weighted by Gasteiger charge is 2.14. The number of anilines is 1. The standard InChI is InChI=1S/C21H29N5O2/c1-4-17-12-10-13-19(24-21(27)26(3)25-22)18(17)15-28-20-14-9-7-5-6-8-11-16(2)23-20/h5-6,8-14,16,25H,4,7,15,22H2,1-3H3,(H,24,27)/b6-5-,11-8-,14-9-,23-20?. The van der Waals surface area contributed by atoms with Gasteiger partial charge in [-0.25, -0.2) is 14.8 Å². The van der Waals surface area contributed by atoms with Gasteiger partial charge in [-0.1, -0.05) is 49.4 Å². The zero-order valence-electron chi connectivity index (χ0n) is 16.7. The van der Waals surface area contributed by atoms with Crippen molar-refractivity contribution < 1.29 is 9.53 Å². The Morgan fingerprint density at radius 2 is 2.18 bits per heavy atom. The second-order valence-electron chi connectivity index (χ2n) is 6.36. The summed E-state index contributed by atoms with van der Waals surface area (Å²) in [6, 6.07) is 5.43. The highest BCUT2D eigenvalue weighted by Crippen LogP contribution is 2.22. The Labute approximate surface area is 166 Å². The number of nitrogens with two attached hydrogens (primary N) is 1. The van der Waals surface area contributed by atoms with E-state index in [4.69, 9.17) is 10.6 Å². The average Bonchev–Trinajstić information content (AvgIpc) is 2.70. The lowest BCUT2D eigenvalue weighted by Crippen LogP contribution is -2.46. The molecule has 4 N–H and O–H groups in total. The van der Waals surface area contributed by atoms with Gasteiger partial charge in [0.25, 0.3) is 0 Å². The number of benzene rings is 1. The summed E-state index contributed by atoms with van der Waals surface area (Å²) < 4.78 is 6.02. The molecule has 0 radical (unpaired) electrons. The largest absolute Gasteiger partial charge is 0.473 e. The number of amides is 2. The maximum atomic E-state index is 12.2. The molecule has 0 bridgehead atoms. The number of carbonyl (C=O) groups is 1. The van der Waals surface area contributed by atoms with Gasteiger partial charge in [-0.15, -0.1) is 0 Å². The Kier molecular flexibility index (Phi) is 8.45. The highest BCUT2D eigenvalue weighted by molar-refractivity contribution is 5.90. The fraction of sp³-hybridized carbons (Fsp3) is 0.333. The SMILES string of the molecule is CCc1cccc(NC(=O)N(C)NN)c1COC1=NC(C)/C=C\C=C/C/C=C\1. The van der Waals surface area contributed by atoms with E-state index in [1.165, 1.54) is 12.1 Å². The van der Waals surface area contributed by atoms with Crippen LogP contribution >= 0.6 is 0 Å². The minimum Gasteiger partial charge on any atom is -0.473 e. The van der Waals surface area contributed by atoms with E-state index in [0.29, 0.717) is 18.2 Å². The number of hydrogen-bond donors (Lipinski definition) is 3. The molecule has 150 valence electrons. The van der Waals surface area contributed by atoms with Crippen molar-refractivity contribution in [2.24, 2.45) is 10.8 Å². The third-order valence-corrected chi connectivity index (χ3v) is 4.26. The predicted molar refractivity (Wildman–Crippen MR) is 114 cm³/mol. The molecular weight excluding hydrogens is 354 g/mol. The van der Waals surface area contributed by atoms with E-state index in [-0.39, 0.29) is 12.1 Å². The summed E-state index contributed by atoms with van der Waals surface area (Å²) >= 11 is 0. The van der Waals surface area contributed by atoms with E-state index in [9.17, 15) is 4.79 Å². The zero-order chi connectivity index (χ0) is 20.4. The Morgan fingerprint density at radius 1 is 1.36 bits per heavy atom. The Morgan fingerprint density at radius 3 is 2.93 bits per heavy atom. The Balaban J connectivity index is 2.21. The van der Waals surface area contributed by atoms with Crippen LogP contribution in [0.15, 0.2) is 59.6 Å². The normalized spacial score (nSPS) is 19.9. The van der Waals surface area contributed by atoms with E-state index >= 15 is 0 Å². The number of aryl methyl sites for hydroxylation is 1. The van der Waals surface area contributed by atoms with Crippen molar-refractivity contribution in [3.05, 3.63) is 65.8 Å². The van der Waals surface area contributed by atoms with Crippen molar-refractivity contribution in [3.63, 3.8) is 0 Å². The van der Waals surface area contributed by atoms with Crippen molar-refractivity contribution in [1.29, 1.82) is 0 Å². The average molecular weight is 383 g/mol. The lowest BCUT2D eigenvalue weighted by atomic mass is 10.0. The predicted octanol–water partition coefficient (Wildman–Crippen LogP) is 3.47. The Bertz CT molecular complexity index is 783. The van der Waals surface area contributed by atoms with E-state index in [0.717, 1.165) is 24.0 Å². The van der Waals surface area contributed by atoms with Gasteiger partial charge in [0.15, 0.2) is 0 Å². The number of ether oxygens (including phenoxy) is 1. The molecule has 7 nitrogen and oxygen atoms in total. The molecular formula is C21H29N5O2. The van der Waals surface area contributed by atoms with E-state index in [2.05, 4.69) is 28.8 Å². The number of nitrogens with one attached hydrogen (secondary N) is 2. The molecule has 0 spiro atoms. The van der Waals surface area contributed by atoms with Crippen molar-refractivity contribution in [1.82, 2.24) is 10.5 Å². The van der Waals surface area contributed by atoms with Crippen LogP contribution in [0.25, 0.3) is 0 Å². The summed E-state index contributed by atoms with van der Waals surface area (Å²) in [6.07, 6.45) is 13.6. The first kappa shape index (κ1) is 21.4. The van der Waals surface area contributed by atoms with Crippen LogP contribution in [0.5, 0.6) is 0 Å². The van der Waals surface area contributed by atoms with Crippen LogP contribution in [0.2, 0.25) is 0 Å². The molecule has 1 unspecified atom stereocenters. The van der Waals surface area contributed by atoms with Gasteiger partial charge in [0, 0.05) is 18.3 Å². The van der Waals surface area contributed by atoms with E-state index in [1.807, 2.05) is 55.5 Å². The van der Waals surface area contributed by atoms with Crippen LogP contribution in [0.3, 0.4) is 0 Å². The van der Waals surface area contributed by atoms with E-state index < -0.39 is 0 Å². The van der Waals surface area contributed by atoms with Crippen LogP contribution in [-0.4, -0.2) is 30.0 Å². The molecule has 1 atom stereocenters. The summed E-state index contributed by atoms with van der Waals surface area (Å²) in [5, 5.41) is 4.02. The molecule has 1 heterocycles. The summed E-state index contributed by atoms with van der Waals surface area (Å²) in [4.78, 5) is 16.8. The molecule has 7 heteroatoms. The molecule has 1 aliphatic heterocycles. The van der Waals surface area contributed by atoms with Gasteiger partial charge < -0.3 is 10.1 Å². The maximum Gasteiger partial charge on any atom is 0.337 e. The molecule has 1 aliphatic rings.